The number of aromatic nitrogens is 2. The first-order valence-corrected chi connectivity index (χ1v) is 13.4. The number of ether oxygens (including phenoxy) is 4. The average molecular weight is 565 g/mol. The van der Waals surface area contributed by atoms with Gasteiger partial charge in [0.1, 0.15) is 11.5 Å². The summed E-state index contributed by atoms with van der Waals surface area (Å²) in [5.74, 6) is 1.63. The summed E-state index contributed by atoms with van der Waals surface area (Å²) in [5.41, 5.74) is 2.51. The molecule has 12 heteroatoms. The van der Waals surface area contributed by atoms with E-state index in [0.717, 1.165) is 0 Å². The molecule has 11 nitrogen and oxygen atoms in total. The summed E-state index contributed by atoms with van der Waals surface area (Å²) in [7, 11) is 2.03. The molecule has 0 unspecified atom stereocenters. The van der Waals surface area contributed by atoms with Gasteiger partial charge < -0.3 is 24.3 Å². The Labute approximate surface area is 232 Å². The van der Waals surface area contributed by atoms with Crippen LogP contribution in [0.5, 0.6) is 23.0 Å². The number of carbonyl (C=O) groups is 1. The number of rotatable bonds is 10. The Bertz CT molecular complexity index is 1640. The number of carbonyl (C=O) groups excluding carboxylic acids is 1. The van der Waals surface area contributed by atoms with Gasteiger partial charge in [-0.2, -0.15) is 0 Å². The number of hydrogen-bond donors (Lipinski definition) is 2. The Hall–Kier alpha value is -4.84. The van der Waals surface area contributed by atoms with Gasteiger partial charge >= 0.3 is 0 Å². The maximum Gasteiger partial charge on any atom is 0.264 e. The van der Waals surface area contributed by atoms with Gasteiger partial charge in [-0.1, -0.05) is 0 Å². The lowest BCUT2D eigenvalue weighted by molar-refractivity contribution is -0.114. The van der Waals surface area contributed by atoms with Crippen molar-refractivity contribution in [1.82, 2.24) is 9.97 Å². The average Bonchev–Trinajstić information content (AvgIpc) is 2.95. The summed E-state index contributed by atoms with van der Waals surface area (Å²) in [5, 5.41) is 2.60. The van der Waals surface area contributed by atoms with Crippen LogP contribution in [0.15, 0.2) is 71.6 Å². The van der Waals surface area contributed by atoms with Gasteiger partial charge in [-0.25, -0.2) is 23.1 Å². The minimum absolute atomic E-state index is 0.0368. The molecule has 0 fully saturated rings. The normalized spacial score (nSPS) is 10.9. The number of nitrogens with one attached hydrogen (secondary N) is 2. The molecule has 208 valence electrons. The number of amides is 1. The number of nitrogens with zero attached hydrogens (tertiary/aromatic N) is 2. The summed E-state index contributed by atoms with van der Waals surface area (Å²) in [6.07, 6.45) is 0. The van der Waals surface area contributed by atoms with Gasteiger partial charge in [0.2, 0.25) is 11.9 Å². The number of sulfonamides is 1. The largest absolute Gasteiger partial charge is 0.497 e. The van der Waals surface area contributed by atoms with Crippen molar-refractivity contribution < 1.29 is 32.2 Å². The highest BCUT2D eigenvalue weighted by Crippen LogP contribution is 2.36. The van der Waals surface area contributed by atoms with Crippen molar-refractivity contribution in [2.24, 2.45) is 0 Å². The highest BCUT2D eigenvalue weighted by Gasteiger charge is 2.20. The lowest BCUT2D eigenvalue weighted by atomic mass is 10.1. The van der Waals surface area contributed by atoms with E-state index >= 15 is 0 Å². The van der Waals surface area contributed by atoms with Crippen LogP contribution in [0.25, 0.3) is 22.5 Å². The van der Waals surface area contributed by atoms with E-state index in [-0.39, 0.29) is 16.8 Å². The molecule has 1 amide bonds. The fourth-order valence-electron chi connectivity index (χ4n) is 3.88. The van der Waals surface area contributed by atoms with Crippen LogP contribution >= 0.6 is 0 Å². The number of anilines is 2. The predicted octanol–water partition coefficient (Wildman–Crippen LogP) is 4.60. The Morgan fingerprint density at radius 1 is 0.725 bits per heavy atom. The van der Waals surface area contributed by atoms with Crippen molar-refractivity contribution >= 4 is 27.6 Å². The highest BCUT2D eigenvalue weighted by molar-refractivity contribution is 7.92. The molecule has 0 aliphatic heterocycles. The van der Waals surface area contributed by atoms with Gasteiger partial charge in [-0.15, -0.1) is 0 Å². The molecule has 1 heterocycles. The molecule has 0 saturated carbocycles. The van der Waals surface area contributed by atoms with Crippen molar-refractivity contribution in [2.45, 2.75) is 11.8 Å². The zero-order valence-corrected chi connectivity index (χ0v) is 23.3. The van der Waals surface area contributed by atoms with E-state index in [0.29, 0.717) is 51.2 Å². The van der Waals surface area contributed by atoms with Gasteiger partial charge in [0, 0.05) is 29.8 Å². The van der Waals surface area contributed by atoms with Crippen LogP contribution in [-0.4, -0.2) is 52.7 Å². The number of hydrogen-bond acceptors (Lipinski definition) is 9. The maximum atomic E-state index is 13.3. The smallest absolute Gasteiger partial charge is 0.264 e. The zero-order chi connectivity index (χ0) is 28.9. The molecule has 4 rings (SSSR count). The molecule has 0 spiro atoms. The van der Waals surface area contributed by atoms with Crippen LogP contribution in [0.4, 0.5) is 11.6 Å². The van der Waals surface area contributed by atoms with Crippen LogP contribution in [0, 0.1) is 0 Å². The van der Waals surface area contributed by atoms with Crippen molar-refractivity contribution in [3.05, 3.63) is 66.7 Å². The topological polar surface area (TPSA) is 138 Å². The Kier molecular flexibility index (Phi) is 8.39. The maximum absolute atomic E-state index is 13.3. The van der Waals surface area contributed by atoms with Crippen LogP contribution in [0.2, 0.25) is 0 Å². The molecule has 4 aromatic rings. The molecule has 40 heavy (non-hydrogen) atoms. The third-order valence-electron chi connectivity index (χ3n) is 5.80. The van der Waals surface area contributed by atoms with Crippen LogP contribution in [0.3, 0.4) is 0 Å². The Balaban J connectivity index is 1.82. The van der Waals surface area contributed by atoms with E-state index in [1.165, 1.54) is 52.5 Å². The lowest BCUT2D eigenvalue weighted by Gasteiger charge is -2.14. The first-order valence-electron chi connectivity index (χ1n) is 11.9. The SMILES string of the molecule is COc1ccc(-c2cc(-c3ccc(OC)c(OC)c3)nc(NS(=O)(=O)c3ccc(NC(C)=O)cc3)n2)c(OC)c1. The lowest BCUT2D eigenvalue weighted by Crippen LogP contribution is -2.16. The highest BCUT2D eigenvalue weighted by atomic mass is 32.2. The molecule has 1 aromatic heterocycles. The molecule has 2 N–H and O–H groups in total. The van der Waals surface area contributed by atoms with E-state index in [9.17, 15) is 13.2 Å². The summed E-state index contributed by atoms with van der Waals surface area (Å²) < 4.78 is 50.6. The molecule has 0 aliphatic rings. The fourth-order valence-corrected chi connectivity index (χ4v) is 4.83. The Morgan fingerprint density at radius 2 is 1.40 bits per heavy atom. The molecular weight excluding hydrogens is 536 g/mol. The summed E-state index contributed by atoms with van der Waals surface area (Å²) in [6, 6.07) is 17.9. The molecule has 0 atom stereocenters. The van der Waals surface area contributed by atoms with Crippen LogP contribution < -0.4 is 29.0 Å². The molecule has 0 bridgehead atoms. The zero-order valence-electron chi connectivity index (χ0n) is 22.5. The van der Waals surface area contributed by atoms with Gasteiger partial charge in [-0.05, 0) is 60.7 Å². The Morgan fingerprint density at radius 3 is 2.02 bits per heavy atom. The van der Waals surface area contributed by atoms with Crippen molar-refractivity contribution in [3.63, 3.8) is 0 Å². The second-order valence-electron chi connectivity index (χ2n) is 8.41. The van der Waals surface area contributed by atoms with Gasteiger partial charge in [0.15, 0.2) is 11.5 Å². The summed E-state index contributed by atoms with van der Waals surface area (Å²) in [4.78, 5) is 20.3. The molecular formula is C28H28N4O7S. The van der Waals surface area contributed by atoms with E-state index in [4.69, 9.17) is 18.9 Å². The third kappa shape index (κ3) is 6.24. The first-order chi connectivity index (χ1) is 19.2. The number of methoxy groups -OCH3 is 4. The number of benzene rings is 3. The van der Waals surface area contributed by atoms with Gasteiger partial charge in [-0.3, -0.25) is 4.79 Å². The predicted molar refractivity (Wildman–Crippen MR) is 151 cm³/mol. The van der Waals surface area contributed by atoms with Crippen LogP contribution in [0.1, 0.15) is 6.92 Å². The van der Waals surface area contributed by atoms with E-state index in [1.54, 1.807) is 49.6 Å². The monoisotopic (exact) mass is 564 g/mol. The van der Waals surface area contributed by atoms with Crippen LogP contribution in [-0.2, 0) is 14.8 Å². The van der Waals surface area contributed by atoms with Crippen molar-refractivity contribution in [1.29, 1.82) is 0 Å². The standard InChI is InChI=1S/C28H28N4O7S/c1-17(33)29-19-7-10-21(11-8-19)40(34,35)32-28-30-23(18-6-13-25(37-3)27(14-18)39-5)16-24(31-28)22-12-9-20(36-2)15-26(22)38-4/h6-16H,1-5H3,(H,29,33)(H,30,31,32). The second kappa shape index (κ2) is 11.9. The molecule has 3 aromatic carbocycles. The first kappa shape index (κ1) is 28.2. The summed E-state index contributed by atoms with van der Waals surface area (Å²) >= 11 is 0. The van der Waals surface area contributed by atoms with Crippen molar-refractivity contribution in [2.75, 3.05) is 38.5 Å². The molecule has 0 saturated heterocycles. The third-order valence-corrected chi connectivity index (χ3v) is 7.14. The molecule has 0 radical (unpaired) electrons. The fraction of sp³-hybridized carbons (Fsp3) is 0.179. The van der Waals surface area contributed by atoms with E-state index in [1.807, 2.05) is 0 Å². The van der Waals surface area contributed by atoms with Gasteiger partial charge in [0.25, 0.3) is 10.0 Å². The van der Waals surface area contributed by atoms with E-state index in [2.05, 4.69) is 20.0 Å². The van der Waals surface area contributed by atoms with Gasteiger partial charge in [0.05, 0.1) is 44.7 Å². The second-order valence-corrected chi connectivity index (χ2v) is 10.1. The quantitative estimate of drug-likeness (QED) is 0.283. The minimum atomic E-state index is -4.09. The van der Waals surface area contributed by atoms with Crippen molar-refractivity contribution in [3.8, 4) is 45.5 Å². The molecule has 0 aliphatic carbocycles. The minimum Gasteiger partial charge on any atom is -0.497 e. The van der Waals surface area contributed by atoms with E-state index < -0.39 is 10.0 Å². The summed E-state index contributed by atoms with van der Waals surface area (Å²) in [6.45, 7) is 1.37.